The highest BCUT2D eigenvalue weighted by molar-refractivity contribution is 9.10. The first kappa shape index (κ1) is 13.4. The monoisotopic (exact) mass is 320 g/mol. The maximum atomic E-state index is 5.64. The number of nitrogens with two attached hydrogens (primary N) is 2. The van der Waals surface area contributed by atoms with Crippen LogP contribution in [0.1, 0.15) is 11.3 Å². The predicted molar refractivity (Wildman–Crippen MR) is 80.0 cm³/mol. The molecule has 1 heterocycles. The molecule has 6 heteroatoms. The molecule has 0 spiro atoms. The minimum absolute atomic E-state index is 0.0932. The Labute approximate surface area is 119 Å². The van der Waals surface area contributed by atoms with Gasteiger partial charge in [-0.2, -0.15) is 5.10 Å². The summed E-state index contributed by atoms with van der Waals surface area (Å²) in [6.45, 7) is 2.03. The van der Waals surface area contributed by atoms with Gasteiger partial charge in [-0.15, -0.1) is 5.10 Å². The Kier molecular flexibility index (Phi) is 4.01. The zero-order chi connectivity index (χ0) is 13.8. The minimum Gasteiger partial charge on any atom is -0.455 e. The number of halogens is 1. The molecule has 98 valence electrons. The van der Waals surface area contributed by atoms with Gasteiger partial charge in [0.15, 0.2) is 0 Å². The second-order valence-corrected chi connectivity index (χ2v) is 4.81. The van der Waals surface area contributed by atoms with E-state index in [2.05, 4.69) is 26.1 Å². The van der Waals surface area contributed by atoms with E-state index < -0.39 is 0 Å². The van der Waals surface area contributed by atoms with Crippen LogP contribution in [0.5, 0.6) is 0 Å². The summed E-state index contributed by atoms with van der Waals surface area (Å²) in [5.74, 6) is 1.23. The van der Waals surface area contributed by atoms with Gasteiger partial charge in [-0.3, -0.25) is 0 Å². The van der Waals surface area contributed by atoms with E-state index in [4.69, 9.17) is 15.9 Å². The second-order valence-electron chi connectivity index (χ2n) is 3.95. The second kappa shape index (κ2) is 5.71. The lowest BCUT2D eigenvalue weighted by molar-refractivity contribution is 0.574. The van der Waals surface area contributed by atoms with Gasteiger partial charge >= 0.3 is 0 Å². The fraction of sp³-hybridized carbons (Fsp3) is 0.0769. The SMILES string of the molecule is Cc1ccc(-c2ccc(/C=N/N=C(N)N)o2)c(Br)c1. The summed E-state index contributed by atoms with van der Waals surface area (Å²) in [6, 6.07) is 9.72. The van der Waals surface area contributed by atoms with E-state index in [-0.39, 0.29) is 5.96 Å². The third-order valence-corrected chi connectivity index (χ3v) is 3.03. The molecular formula is C13H13BrN4O. The third-order valence-electron chi connectivity index (χ3n) is 2.38. The average Bonchev–Trinajstić information content (AvgIpc) is 2.77. The first-order valence-electron chi connectivity index (χ1n) is 5.54. The van der Waals surface area contributed by atoms with Gasteiger partial charge in [-0.1, -0.05) is 22.0 Å². The zero-order valence-corrected chi connectivity index (χ0v) is 11.9. The van der Waals surface area contributed by atoms with Crippen LogP contribution in [-0.2, 0) is 0 Å². The third kappa shape index (κ3) is 3.45. The lowest BCUT2D eigenvalue weighted by Gasteiger charge is -2.01. The molecule has 5 nitrogen and oxygen atoms in total. The lowest BCUT2D eigenvalue weighted by Crippen LogP contribution is -2.21. The number of aryl methyl sites for hydroxylation is 1. The molecule has 0 aliphatic heterocycles. The van der Waals surface area contributed by atoms with E-state index >= 15 is 0 Å². The molecule has 0 bridgehead atoms. The van der Waals surface area contributed by atoms with Crippen LogP contribution in [0.4, 0.5) is 0 Å². The number of furan rings is 1. The molecule has 4 N–H and O–H groups in total. The molecule has 0 amide bonds. The van der Waals surface area contributed by atoms with Crippen LogP contribution in [-0.4, -0.2) is 12.2 Å². The van der Waals surface area contributed by atoms with Gasteiger partial charge in [-0.05, 0) is 36.8 Å². The smallest absolute Gasteiger partial charge is 0.211 e. The molecule has 0 radical (unpaired) electrons. The summed E-state index contributed by atoms with van der Waals surface area (Å²) in [5.41, 5.74) is 12.5. The molecule has 1 aromatic heterocycles. The molecule has 0 saturated heterocycles. The van der Waals surface area contributed by atoms with Gasteiger partial charge in [-0.25, -0.2) is 0 Å². The summed E-state index contributed by atoms with van der Waals surface area (Å²) in [7, 11) is 0. The Morgan fingerprint density at radius 1 is 1.26 bits per heavy atom. The van der Waals surface area contributed by atoms with Crippen molar-refractivity contribution in [1.82, 2.24) is 0 Å². The van der Waals surface area contributed by atoms with Gasteiger partial charge < -0.3 is 15.9 Å². The highest BCUT2D eigenvalue weighted by Gasteiger charge is 2.07. The van der Waals surface area contributed by atoms with Crippen molar-refractivity contribution in [3.63, 3.8) is 0 Å². The Morgan fingerprint density at radius 2 is 2.05 bits per heavy atom. The van der Waals surface area contributed by atoms with Crippen LogP contribution in [0.25, 0.3) is 11.3 Å². The number of nitrogens with zero attached hydrogens (tertiary/aromatic N) is 2. The van der Waals surface area contributed by atoms with E-state index in [1.54, 1.807) is 6.07 Å². The standard InChI is InChI=1S/C13H13BrN4O/c1-8-2-4-10(11(14)6-8)12-5-3-9(19-12)7-17-18-13(15)16/h2-7H,1H3,(H4,15,16,18)/b17-7+. The molecule has 0 saturated carbocycles. The summed E-state index contributed by atoms with van der Waals surface area (Å²) >= 11 is 3.52. The van der Waals surface area contributed by atoms with E-state index in [0.717, 1.165) is 15.8 Å². The van der Waals surface area contributed by atoms with Crippen LogP contribution in [0.3, 0.4) is 0 Å². The number of hydrogen-bond donors (Lipinski definition) is 2. The molecule has 0 aliphatic rings. The van der Waals surface area contributed by atoms with Crippen LogP contribution in [0, 0.1) is 6.92 Å². The Bertz CT molecular complexity index is 642. The van der Waals surface area contributed by atoms with Gasteiger partial charge in [0, 0.05) is 10.0 Å². The minimum atomic E-state index is -0.0932. The van der Waals surface area contributed by atoms with Crippen LogP contribution in [0.2, 0.25) is 0 Å². The van der Waals surface area contributed by atoms with Crippen molar-refractivity contribution in [2.24, 2.45) is 21.7 Å². The average molecular weight is 321 g/mol. The van der Waals surface area contributed by atoms with Crippen LogP contribution in [0.15, 0.2) is 49.4 Å². The van der Waals surface area contributed by atoms with Crippen molar-refractivity contribution in [3.8, 4) is 11.3 Å². The van der Waals surface area contributed by atoms with Gasteiger partial charge in [0.05, 0.1) is 6.21 Å². The quantitative estimate of drug-likeness (QED) is 0.517. The number of benzene rings is 1. The summed E-state index contributed by atoms with van der Waals surface area (Å²) in [4.78, 5) is 0. The summed E-state index contributed by atoms with van der Waals surface area (Å²) < 4.78 is 6.62. The highest BCUT2D eigenvalue weighted by atomic mass is 79.9. The van der Waals surface area contributed by atoms with Gasteiger partial charge in [0.2, 0.25) is 5.96 Å². The molecule has 0 aliphatic carbocycles. The Hall–Kier alpha value is -2.08. The van der Waals surface area contributed by atoms with E-state index in [0.29, 0.717) is 5.76 Å². The zero-order valence-electron chi connectivity index (χ0n) is 10.3. The molecular weight excluding hydrogens is 308 g/mol. The molecule has 2 rings (SSSR count). The highest BCUT2D eigenvalue weighted by Crippen LogP contribution is 2.30. The van der Waals surface area contributed by atoms with Crippen molar-refractivity contribution in [1.29, 1.82) is 0 Å². The lowest BCUT2D eigenvalue weighted by atomic mass is 10.1. The molecule has 0 unspecified atom stereocenters. The van der Waals surface area contributed by atoms with Gasteiger partial charge in [0.1, 0.15) is 11.5 Å². The Balaban J connectivity index is 2.26. The molecule has 19 heavy (non-hydrogen) atoms. The van der Waals surface area contributed by atoms with Gasteiger partial charge in [0.25, 0.3) is 0 Å². The largest absolute Gasteiger partial charge is 0.455 e. The Morgan fingerprint density at radius 3 is 2.74 bits per heavy atom. The fourth-order valence-corrected chi connectivity index (χ4v) is 2.23. The van der Waals surface area contributed by atoms with E-state index in [1.165, 1.54) is 11.8 Å². The van der Waals surface area contributed by atoms with Crippen molar-refractivity contribution in [2.75, 3.05) is 0 Å². The molecule has 2 aromatic rings. The van der Waals surface area contributed by atoms with Crippen molar-refractivity contribution in [3.05, 3.63) is 46.1 Å². The maximum absolute atomic E-state index is 5.64. The number of rotatable bonds is 3. The topological polar surface area (TPSA) is 89.9 Å². The normalized spacial score (nSPS) is 10.8. The predicted octanol–water partition coefficient (Wildman–Crippen LogP) is 2.62. The van der Waals surface area contributed by atoms with Crippen molar-refractivity contribution in [2.45, 2.75) is 6.92 Å². The fourth-order valence-electron chi connectivity index (χ4n) is 1.54. The molecule has 0 atom stereocenters. The first-order valence-corrected chi connectivity index (χ1v) is 6.34. The maximum Gasteiger partial charge on any atom is 0.211 e. The number of guanidine groups is 1. The number of hydrogen-bond acceptors (Lipinski definition) is 3. The molecule has 0 fully saturated rings. The van der Waals surface area contributed by atoms with Crippen LogP contribution < -0.4 is 11.5 Å². The first-order chi connectivity index (χ1) is 9.06. The van der Waals surface area contributed by atoms with Crippen LogP contribution >= 0.6 is 15.9 Å². The molecule has 1 aromatic carbocycles. The summed E-state index contributed by atoms with van der Waals surface area (Å²) in [5, 5.41) is 7.20. The van der Waals surface area contributed by atoms with Crippen molar-refractivity contribution >= 4 is 28.1 Å². The van der Waals surface area contributed by atoms with E-state index in [1.807, 2.05) is 31.2 Å². The summed E-state index contributed by atoms with van der Waals surface area (Å²) in [6.07, 6.45) is 1.45. The van der Waals surface area contributed by atoms with Crippen molar-refractivity contribution < 1.29 is 4.42 Å². The van der Waals surface area contributed by atoms with E-state index in [9.17, 15) is 0 Å².